The minimum atomic E-state index is -4.51. The minimum absolute atomic E-state index is 0.0340. The van der Waals surface area contributed by atoms with E-state index >= 15 is 0 Å². The van der Waals surface area contributed by atoms with Gasteiger partial charge >= 0.3 is 6.18 Å². The summed E-state index contributed by atoms with van der Waals surface area (Å²) in [5.41, 5.74) is 14.4. The molecule has 4 aliphatic rings. The van der Waals surface area contributed by atoms with Crippen LogP contribution < -0.4 is 0 Å². The van der Waals surface area contributed by atoms with E-state index in [4.69, 9.17) is 0 Å². The van der Waals surface area contributed by atoms with Crippen molar-refractivity contribution >= 4 is 34.5 Å². The lowest BCUT2D eigenvalue weighted by Gasteiger charge is -2.20. The maximum absolute atomic E-state index is 14.8. The molecule has 15 nitrogen and oxygen atoms in total. The van der Waals surface area contributed by atoms with E-state index in [-0.39, 0.29) is 72.8 Å². The second kappa shape index (κ2) is 28.6. The van der Waals surface area contributed by atoms with Gasteiger partial charge in [-0.1, -0.05) is 115 Å². The van der Waals surface area contributed by atoms with Crippen molar-refractivity contribution in [2.24, 2.45) is 21.1 Å². The van der Waals surface area contributed by atoms with Gasteiger partial charge in [-0.3, -0.25) is 38.5 Å². The summed E-state index contributed by atoms with van der Waals surface area (Å²) >= 11 is 0. The SMILES string of the molecule is Cn1cc(-c2ccc(CN3Cc4ccccc4C3=O)c(C(F)(F)F)c2)cn1.Cn1cc(-c2ccc(CN3Cc4ncccc4C3=O)c(F)c2)cn1.Cn1ccc2ccc(-c3ccc(CN4Cc5ccccc5C4=O)c(F)c3)cc21.O=C1c2ccccc2CN1Cc1ccc(-c2ccncc2)cc1F. The molecule has 13 aromatic rings. The Hall–Kier alpha value is -12.5. The van der Waals surface area contributed by atoms with E-state index in [1.54, 1.807) is 112 Å². The maximum Gasteiger partial charge on any atom is 0.416 e. The second-order valence-electron chi connectivity index (χ2n) is 25.6. The Morgan fingerprint density at radius 2 is 0.786 bits per heavy atom. The van der Waals surface area contributed by atoms with Crippen LogP contribution in [0, 0.1) is 17.5 Å². The standard InChI is InChI=1S/C24H19FN2O.C20H16F3N3O.C20H15FN2O.C18H15FN4O/c1-26-11-10-16-6-7-18(13-23(16)26)17-8-9-20(22(25)12-17)15-27-14-19-4-2-3-5-21(19)24(27)28;1-25-10-16(9-24-25)13-6-7-15(18(8-13)20(21,22)23)12-26-11-14-4-2-3-5-17(14)19(26)27;21-19-11-15(14-7-9-22-10-8-14)5-6-17(19)13-23-12-16-3-1-2-4-18(16)20(23)24;1-22-9-14(8-21-22)12-4-5-13(16(19)7-12)10-23-11-17-15(18(23)24)3-2-6-20-17/h2-13H,14-15H2,1H3;2-10H,11-12H2,1H3;1-11H,12-13H2;2-9H,10-11H2,1H3. The Bertz CT molecular complexity index is 5420. The minimum Gasteiger partial charge on any atom is -0.351 e. The van der Waals surface area contributed by atoms with Gasteiger partial charge in [0.1, 0.15) is 17.5 Å². The monoisotopic (exact) mass is 1380 g/mol. The van der Waals surface area contributed by atoms with E-state index in [0.29, 0.717) is 70.7 Å². The number of aromatic nitrogens is 7. The lowest BCUT2D eigenvalue weighted by Crippen LogP contribution is -2.25. The number of amides is 4. The fraction of sp³-hybridized carbons (Fsp3) is 0.146. The molecule has 0 unspecified atom stereocenters. The fourth-order valence-corrected chi connectivity index (χ4v) is 13.3. The Balaban J connectivity index is 0.000000116. The summed E-state index contributed by atoms with van der Waals surface area (Å²) in [4.78, 5) is 64.4. The van der Waals surface area contributed by atoms with E-state index in [1.807, 2.05) is 124 Å². The van der Waals surface area contributed by atoms with Crippen LogP contribution >= 0.6 is 0 Å². The van der Waals surface area contributed by atoms with Crippen LogP contribution in [0.5, 0.6) is 0 Å². The molecule has 0 bridgehead atoms. The van der Waals surface area contributed by atoms with Crippen LogP contribution in [0.2, 0.25) is 0 Å². The molecule has 0 saturated heterocycles. The second-order valence-corrected chi connectivity index (χ2v) is 25.6. The average Bonchev–Trinajstić information content (AvgIpc) is 1.72. The molecule has 5 aromatic heterocycles. The molecule has 514 valence electrons. The lowest BCUT2D eigenvalue weighted by atomic mass is 10.00. The smallest absolute Gasteiger partial charge is 0.351 e. The molecule has 17 rings (SSSR count). The number of rotatable bonds is 12. The first-order chi connectivity index (χ1) is 49.8. The Labute approximate surface area is 588 Å². The number of fused-ring (bicyclic) bond motifs is 5. The van der Waals surface area contributed by atoms with Crippen molar-refractivity contribution in [3.8, 4) is 44.5 Å². The van der Waals surface area contributed by atoms with Crippen molar-refractivity contribution < 1.29 is 45.5 Å². The highest BCUT2D eigenvalue weighted by molar-refractivity contribution is 6.00. The Kier molecular flexibility index (Phi) is 18.8. The molecule has 0 atom stereocenters. The number of carbonyl (C=O) groups is 4. The third-order valence-corrected chi connectivity index (χ3v) is 18.8. The summed E-state index contributed by atoms with van der Waals surface area (Å²) in [7, 11) is 5.53. The third kappa shape index (κ3) is 14.5. The van der Waals surface area contributed by atoms with Crippen molar-refractivity contribution in [2.45, 2.75) is 58.5 Å². The van der Waals surface area contributed by atoms with E-state index in [0.717, 1.165) is 78.3 Å². The van der Waals surface area contributed by atoms with Gasteiger partial charge in [-0.25, -0.2) is 13.2 Å². The summed E-state index contributed by atoms with van der Waals surface area (Å²) in [6.45, 7) is 2.48. The van der Waals surface area contributed by atoms with E-state index in [2.05, 4.69) is 42.9 Å². The van der Waals surface area contributed by atoms with Crippen LogP contribution in [-0.4, -0.2) is 77.3 Å². The predicted octanol–water partition coefficient (Wildman–Crippen LogP) is 16.2. The van der Waals surface area contributed by atoms with E-state index < -0.39 is 11.7 Å². The van der Waals surface area contributed by atoms with Crippen LogP contribution in [0.4, 0.5) is 26.3 Å². The first-order valence-electron chi connectivity index (χ1n) is 33.1. The first kappa shape index (κ1) is 67.7. The van der Waals surface area contributed by atoms with Gasteiger partial charge in [0.05, 0.1) is 35.8 Å². The van der Waals surface area contributed by atoms with Gasteiger partial charge in [-0.2, -0.15) is 23.4 Å². The first-order valence-corrected chi connectivity index (χ1v) is 33.1. The molecular formula is C82H65F6N11O4. The van der Waals surface area contributed by atoms with E-state index in [9.17, 15) is 45.5 Å². The number of benzene rings is 8. The molecule has 0 aliphatic carbocycles. The highest BCUT2D eigenvalue weighted by Gasteiger charge is 2.37. The summed E-state index contributed by atoms with van der Waals surface area (Å²) in [5.74, 6) is -1.32. The van der Waals surface area contributed by atoms with Gasteiger partial charge in [-0.15, -0.1) is 0 Å². The molecule has 0 radical (unpaired) electrons. The largest absolute Gasteiger partial charge is 0.416 e. The lowest BCUT2D eigenvalue weighted by molar-refractivity contribution is -0.138. The zero-order valence-electron chi connectivity index (χ0n) is 56.1. The van der Waals surface area contributed by atoms with Crippen LogP contribution in [0.3, 0.4) is 0 Å². The fourth-order valence-electron chi connectivity index (χ4n) is 13.3. The molecule has 4 amide bonds. The number of hydrogen-bond donors (Lipinski definition) is 0. The number of aryl methyl sites for hydroxylation is 3. The summed E-state index contributed by atoms with van der Waals surface area (Å²) in [5, 5.41) is 9.26. The van der Waals surface area contributed by atoms with Gasteiger partial charge in [-0.05, 0) is 140 Å². The predicted molar refractivity (Wildman–Crippen MR) is 378 cm³/mol. The highest BCUT2D eigenvalue weighted by Crippen LogP contribution is 2.38. The van der Waals surface area contributed by atoms with Crippen molar-refractivity contribution in [1.82, 2.24) is 53.7 Å². The van der Waals surface area contributed by atoms with Crippen LogP contribution in [0.1, 0.15) is 91.6 Å². The quantitative estimate of drug-likeness (QED) is 0.110. The maximum atomic E-state index is 14.8. The van der Waals surface area contributed by atoms with Crippen LogP contribution in [0.25, 0.3) is 55.4 Å². The number of carbonyl (C=O) groups excluding carboxylic acids is 4. The van der Waals surface area contributed by atoms with Gasteiger partial charge < -0.3 is 24.2 Å². The average molecular weight is 1380 g/mol. The number of alkyl halides is 3. The molecular weight excluding hydrogens is 1320 g/mol. The number of halogens is 6. The van der Waals surface area contributed by atoms with Crippen molar-refractivity contribution in [1.29, 1.82) is 0 Å². The topological polar surface area (TPSA) is 148 Å². The molecule has 21 heteroatoms. The number of nitrogens with zero attached hydrogens (tertiary/aromatic N) is 11. The van der Waals surface area contributed by atoms with Crippen molar-refractivity contribution in [2.75, 3.05) is 0 Å². The van der Waals surface area contributed by atoms with E-state index in [1.165, 1.54) is 34.0 Å². The zero-order valence-corrected chi connectivity index (χ0v) is 56.1. The van der Waals surface area contributed by atoms with Gasteiger partial charge in [0.15, 0.2) is 0 Å². The van der Waals surface area contributed by atoms with Crippen LogP contribution in [-0.2, 0) is 79.7 Å². The normalized spacial score (nSPS) is 13.5. The van der Waals surface area contributed by atoms with Crippen molar-refractivity contribution in [3.63, 3.8) is 0 Å². The molecule has 0 N–H and O–H groups in total. The molecule has 9 heterocycles. The van der Waals surface area contributed by atoms with Crippen LogP contribution in [0.15, 0.2) is 244 Å². The van der Waals surface area contributed by atoms with Gasteiger partial charge in [0, 0.05) is 154 Å². The molecule has 0 saturated carbocycles. The third-order valence-electron chi connectivity index (χ3n) is 18.8. The summed E-state index contributed by atoms with van der Waals surface area (Å²) < 4.78 is 90.0. The Morgan fingerprint density at radius 3 is 1.23 bits per heavy atom. The zero-order chi connectivity index (χ0) is 71.6. The number of hydrogen-bond acceptors (Lipinski definition) is 8. The van der Waals surface area contributed by atoms with Gasteiger partial charge in [0.2, 0.25) is 0 Å². The molecule has 0 fully saturated rings. The molecule has 103 heavy (non-hydrogen) atoms. The highest BCUT2D eigenvalue weighted by atomic mass is 19.4. The Morgan fingerprint density at radius 1 is 0.388 bits per heavy atom. The summed E-state index contributed by atoms with van der Waals surface area (Å²) in [6.07, 6.45) is 9.25. The summed E-state index contributed by atoms with van der Waals surface area (Å²) in [6, 6.07) is 57.3. The molecule has 0 spiro atoms. The molecule has 4 aliphatic heterocycles. The van der Waals surface area contributed by atoms with Gasteiger partial charge in [0.25, 0.3) is 23.6 Å². The number of pyridine rings is 2. The van der Waals surface area contributed by atoms with Crippen molar-refractivity contribution in [3.05, 3.63) is 334 Å². The molecule has 8 aromatic carbocycles.